The molecule has 1 aliphatic rings. The summed E-state index contributed by atoms with van der Waals surface area (Å²) in [6.07, 6.45) is 4.15. The summed E-state index contributed by atoms with van der Waals surface area (Å²) >= 11 is 0. The van der Waals surface area contributed by atoms with Crippen LogP contribution in [0.5, 0.6) is 0 Å². The highest BCUT2D eigenvalue weighted by atomic mass is 32.2. The first-order valence-electron chi connectivity index (χ1n) is 9.30. The van der Waals surface area contributed by atoms with E-state index in [1.807, 2.05) is 43.3 Å². The van der Waals surface area contributed by atoms with Crippen molar-refractivity contribution < 1.29 is 13.2 Å². The molecular weight excluding hydrogens is 360 g/mol. The Bertz CT molecular complexity index is 910. The van der Waals surface area contributed by atoms with E-state index in [0.29, 0.717) is 0 Å². The van der Waals surface area contributed by atoms with Crippen LogP contribution >= 0.6 is 0 Å². The number of sulfonamides is 1. The van der Waals surface area contributed by atoms with Gasteiger partial charge in [0.15, 0.2) is 0 Å². The lowest BCUT2D eigenvalue weighted by molar-refractivity contribution is -0.130. The van der Waals surface area contributed by atoms with Gasteiger partial charge in [-0.1, -0.05) is 36.4 Å². The van der Waals surface area contributed by atoms with Gasteiger partial charge in [0.1, 0.15) is 0 Å². The summed E-state index contributed by atoms with van der Waals surface area (Å²) in [4.78, 5) is 14.3. The maximum atomic E-state index is 12.6. The van der Waals surface area contributed by atoms with E-state index >= 15 is 0 Å². The standard InChI is InChI=1S/C21H26N2O3S/c1-16(17-8-4-3-5-9-17)23(2)21(24)15-22-27(25,26)20-13-12-18-10-6-7-11-19(18)14-20/h3-5,8-9,12-14,16,22H,6-7,10-11,15H2,1-2H3/t16-/m1/s1. The van der Waals surface area contributed by atoms with E-state index in [1.165, 1.54) is 5.56 Å². The number of aryl methyl sites for hydroxylation is 2. The van der Waals surface area contributed by atoms with Gasteiger partial charge in [0.2, 0.25) is 15.9 Å². The number of benzene rings is 2. The van der Waals surface area contributed by atoms with Crippen LogP contribution < -0.4 is 4.72 Å². The van der Waals surface area contributed by atoms with Crippen molar-refractivity contribution in [3.05, 3.63) is 65.2 Å². The minimum Gasteiger partial charge on any atom is -0.338 e. The van der Waals surface area contributed by atoms with Crippen molar-refractivity contribution in [2.24, 2.45) is 0 Å². The van der Waals surface area contributed by atoms with Crippen LogP contribution in [0, 0.1) is 0 Å². The van der Waals surface area contributed by atoms with Gasteiger partial charge in [-0.2, -0.15) is 0 Å². The van der Waals surface area contributed by atoms with Crippen molar-refractivity contribution in [2.75, 3.05) is 13.6 Å². The number of carbonyl (C=O) groups is 1. The van der Waals surface area contributed by atoms with Crippen LogP contribution in [-0.4, -0.2) is 32.8 Å². The lowest BCUT2D eigenvalue weighted by atomic mass is 9.92. The summed E-state index contributed by atoms with van der Waals surface area (Å²) in [6.45, 7) is 1.66. The summed E-state index contributed by atoms with van der Waals surface area (Å²) in [5.41, 5.74) is 3.34. The van der Waals surface area contributed by atoms with E-state index in [1.54, 1.807) is 24.1 Å². The van der Waals surface area contributed by atoms with Gasteiger partial charge in [0.25, 0.3) is 0 Å². The number of rotatable bonds is 6. The summed E-state index contributed by atoms with van der Waals surface area (Å²) in [5.74, 6) is -0.270. The van der Waals surface area contributed by atoms with E-state index < -0.39 is 10.0 Å². The van der Waals surface area contributed by atoms with Gasteiger partial charge in [-0.05, 0) is 61.4 Å². The Morgan fingerprint density at radius 3 is 2.44 bits per heavy atom. The number of likely N-dealkylation sites (N-methyl/N-ethyl adjacent to an activating group) is 1. The Balaban J connectivity index is 1.65. The number of hydrogen-bond donors (Lipinski definition) is 1. The highest BCUT2D eigenvalue weighted by Crippen LogP contribution is 2.24. The number of amides is 1. The molecular formula is C21H26N2O3S. The molecule has 3 rings (SSSR count). The van der Waals surface area contributed by atoms with Crippen molar-refractivity contribution in [1.82, 2.24) is 9.62 Å². The summed E-state index contributed by atoms with van der Waals surface area (Å²) in [7, 11) is -2.02. The van der Waals surface area contributed by atoms with Gasteiger partial charge < -0.3 is 4.90 Å². The SMILES string of the molecule is C[C@H](c1ccccc1)N(C)C(=O)CNS(=O)(=O)c1ccc2c(c1)CCCC2. The Labute approximate surface area is 161 Å². The van der Waals surface area contributed by atoms with E-state index in [2.05, 4.69) is 4.72 Å². The third-order valence-corrected chi connectivity index (χ3v) is 6.70. The van der Waals surface area contributed by atoms with Crippen molar-refractivity contribution in [1.29, 1.82) is 0 Å². The fraction of sp³-hybridized carbons (Fsp3) is 0.381. The Hall–Kier alpha value is -2.18. The molecule has 144 valence electrons. The van der Waals surface area contributed by atoms with Gasteiger partial charge in [0.05, 0.1) is 17.5 Å². The first-order valence-corrected chi connectivity index (χ1v) is 10.8. The predicted molar refractivity (Wildman–Crippen MR) is 106 cm³/mol. The second-order valence-corrected chi connectivity index (χ2v) is 8.82. The third-order valence-electron chi connectivity index (χ3n) is 5.30. The van der Waals surface area contributed by atoms with Crippen LogP contribution in [0.25, 0.3) is 0 Å². The first kappa shape index (κ1) is 19.6. The van der Waals surface area contributed by atoms with Gasteiger partial charge in [-0.15, -0.1) is 0 Å². The molecule has 5 nitrogen and oxygen atoms in total. The van der Waals surface area contributed by atoms with Crippen LogP contribution in [0.4, 0.5) is 0 Å². The largest absolute Gasteiger partial charge is 0.338 e. The molecule has 0 radical (unpaired) electrons. The van der Waals surface area contributed by atoms with Crippen LogP contribution in [0.15, 0.2) is 53.4 Å². The van der Waals surface area contributed by atoms with Gasteiger partial charge in [0, 0.05) is 7.05 Å². The van der Waals surface area contributed by atoms with Crippen LogP contribution in [0.2, 0.25) is 0 Å². The van der Waals surface area contributed by atoms with Crippen LogP contribution in [0.3, 0.4) is 0 Å². The van der Waals surface area contributed by atoms with Gasteiger partial charge >= 0.3 is 0 Å². The van der Waals surface area contributed by atoms with Crippen molar-refractivity contribution >= 4 is 15.9 Å². The molecule has 27 heavy (non-hydrogen) atoms. The average molecular weight is 387 g/mol. The molecule has 1 N–H and O–H groups in total. The van der Waals surface area contributed by atoms with Crippen LogP contribution in [-0.2, 0) is 27.7 Å². The zero-order chi connectivity index (χ0) is 19.4. The second-order valence-electron chi connectivity index (χ2n) is 7.05. The lowest BCUT2D eigenvalue weighted by Gasteiger charge is -2.25. The number of nitrogens with zero attached hydrogens (tertiary/aromatic N) is 1. The van der Waals surface area contributed by atoms with E-state index in [9.17, 15) is 13.2 Å². The molecule has 0 heterocycles. The Kier molecular flexibility index (Phi) is 5.97. The van der Waals surface area contributed by atoms with Crippen molar-refractivity contribution in [3.8, 4) is 0 Å². The molecule has 0 bridgehead atoms. The first-order chi connectivity index (χ1) is 12.9. The Morgan fingerprint density at radius 1 is 1.07 bits per heavy atom. The second kappa shape index (κ2) is 8.23. The molecule has 0 saturated carbocycles. The smallest absolute Gasteiger partial charge is 0.241 e. The molecule has 1 aliphatic carbocycles. The minimum atomic E-state index is -3.71. The highest BCUT2D eigenvalue weighted by Gasteiger charge is 2.22. The summed E-state index contributed by atoms with van der Waals surface area (Å²) < 4.78 is 27.7. The molecule has 1 amide bonds. The number of nitrogens with one attached hydrogen (secondary N) is 1. The molecule has 1 atom stereocenters. The van der Waals surface area contributed by atoms with Gasteiger partial charge in [-0.3, -0.25) is 4.79 Å². The zero-order valence-corrected chi connectivity index (χ0v) is 16.6. The molecule has 0 saturated heterocycles. The molecule has 2 aromatic rings. The lowest BCUT2D eigenvalue weighted by Crippen LogP contribution is -2.39. The molecule has 0 aromatic heterocycles. The van der Waals surface area contributed by atoms with E-state index in [4.69, 9.17) is 0 Å². The number of carbonyl (C=O) groups excluding carboxylic acids is 1. The third kappa shape index (κ3) is 4.57. The highest BCUT2D eigenvalue weighted by molar-refractivity contribution is 7.89. The molecule has 0 spiro atoms. The number of hydrogen-bond acceptors (Lipinski definition) is 3. The Morgan fingerprint density at radius 2 is 1.74 bits per heavy atom. The van der Waals surface area contributed by atoms with Crippen molar-refractivity contribution in [2.45, 2.75) is 43.5 Å². The monoisotopic (exact) mass is 386 g/mol. The topological polar surface area (TPSA) is 66.5 Å². The van der Waals surface area contributed by atoms with Crippen LogP contribution in [0.1, 0.15) is 42.5 Å². The van der Waals surface area contributed by atoms with E-state index in [-0.39, 0.29) is 23.4 Å². The van der Waals surface area contributed by atoms with Crippen molar-refractivity contribution in [3.63, 3.8) is 0 Å². The predicted octanol–water partition coefficient (Wildman–Crippen LogP) is 3.06. The van der Waals surface area contributed by atoms with E-state index in [0.717, 1.165) is 36.8 Å². The summed E-state index contributed by atoms with van der Waals surface area (Å²) in [5, 5.41) is 0. The average Bonchev–Trinajstić information content (AvgIpc) is 2.71. The molecule has 2 aromatic carbocycles. The quantitative estimate of drug-likeness (QED) is 0.830. The normalized spacial score (nSPS) is 15.0. The number of fused-ring (bicyclic) bond motifs is 1. The van der Waals surface area contributed by atoms with Gasteiger partial charge in [-0.25, -0.2) is 13.1 Å². The maximum Gasteiger partial charge on any atom is 0.241 e. The minimum absolute atomic E-state index is 0.132. The molecule has 0 aliphatic heterocycles. The molecule has 6 heteroatoms. The molecule has 0 unspecified atom stereocenters. The summed E-state index contributed by atoms with van der Waals surface area (Å²) in [6, 6.07) is 14.8. The molecule has 0 fully saturated rings. The zero-order valence-electron chi connectivity index (χ0n) is 15.8. The fourth-order valence-corrected chi connectivity index (χ4v) is 4.44. The fourth-order valence-electron chi connectivity index (χ4n) is 3.41. The maximum absolute atomic E-state index is 12.6.